The van der Waals surface area contributed by atoms with E-state index in [4.69, 9.17) is 0 Å². The van der Waals surface area contributed by atoms with E-state index < -0.39 is 0 Å². The predicted octanol–water partition coefficient (Wildman–Crippen LogP) is 2.02. The third-order valence-electron chi connectivity index (χ3n) is 4.31. The van der Waals surface area contributed by atoms with Gasteiger partial charge in [-0.2, -0.15) is 0 Å². The Morgan fingerprint density at radius 2 is 2.06 bits per heavy atom. The molecule has 3 rings (SSSR count). The summed E-state index contributed by atoms with van der Waals surface area (Å²) in [6, 6.07) is 8.99. The highest BCUT2D eigenvalue weighted by Gasteiger charge is 2.31. The minimum absolute atomic E-state index is 0.386. The Morgan fingerprint density at radius 1 is 1.22 bits per heavy atom. The van der Waals surface area contributed by atoms with Crippen LogP contribution >= 0.6 is 0 Å². The molecule has 1 N–H and O–H groups in total. The highest BCUT2D eigenvalue weighted by Crippen LogP contribution is 2.30. The smallest absolute Gasteiger partial charge is 0.0781 e. The van der Waals surface area contributed by atoms with E-state index in [2.05, 4.69) is 21.9 Å². The summed E-state index contributed by atoms with van der Waals surface area (Å²) in [5, 5.41) is 9.89. The maximum Gasteiger partial charge on any atom is 0.0781 e. The number of fused-ring (bicyclic) bond motifs is 1. The topological polar surface area (TPSA) is 26.7 Å². The summed E-state index contributed by atoms with van der Waals surface area (Å²) in [6.45, 7) is 6.49. The van der Waals surface area contributed by atoms with Gasteiger partial charge >= 0.3 is 0 Å². The zero-order valence-corrected chi connectivity index (χ0v) is 11.0. The first-order valence-corrected chi connectivity index (χ1v) is 7.01. The van der Waals surface area contributed by atoms with Gasteiger partial charge in [0, 0.05) is 36.9 Å². The van der Waals surface area contributed by atoms with Gasteiger partial charge in [-0.15, -0.1) is 0 Å². The molecule has 0 saturated carbocycles. The second-order valence-electron chi connectivity index (χ2n) is 5.51. The van der Waals surface area contributed by atoms with Crippen LogP contribution < -0.4 is 4.90 Å². The van der Waals surface area contributed by atoms with Crippen LogP contribution in [0.25, 0.3) is 0 Å². The third kappa shape index (κ3) is 2.13. The Bertz CT molecular complexity index is 419. The maximum absolute atomic E-state index is 9.89. The Hall–Kier alpha value is -1.06. The average molecular weight is 246 g/mol. The fourth-order valence-electron chi connectivity index (χ4n) is 3.34. The second kappa shape index (κ2) is 4.90. The Balaban J connectivity index is 1.82. The number of benzene rings is 1. The first-order valence-electron chi connectivity index (χ1n) is 7.01. The molecule has 98 valence electrons. The van der Waals surface area contributed by atoms with Gasteiger partial charge in [0.1, 0.15) is 0 Å². The van der Waals surface area contributed by atoms with Gasteiger partial charge in [0.05, 0.1) is 6.10 Å². The molecule has 18 heavy (non-hydrogen) atoms. The summed E-state index contributed by atoms with van der Waals surface area (Å²) in [5.41, 5.74) is 2.28. The van der Waals surface area contributed by atoms with Crippen LogP contribution in [0.4, 0.5) is 5.69 Å². The minimum atomic E-state index is -0.386. The molecule has 1 aromatic rings. The summed E-state index contributed by atoms with van der Waals surface area (Å²) in [7, 11) is 0. The number of aliphatic hydroxyl groups excluding tert-OH is 1. The van der Waals surface area contributed by atoms with Crippen molar-refractivity contribution >= 4 is 5.69 Å². The first kappa shape index (κ1) is 12.0. The van der Waals surface area contributed by atoms with Crippen LogP contribution in [0.5, 0.6) is 0 Å². The van der Waals surface area contributed by atoms with Crippen molar-refractivity contribution in [3.05, 3.63) is 29.8 Å². The van der Waals surface area contributed by atoms with Gasteiger partial charge in [-0.25, -0.2) is 0 Å². The molecular formula is C15H22N2O. The number of anilines is 1. The van der Waals surface area contributed by atoms with Crippen molar-refractivity contribution in [1.29, 1.82) is 0 Å². The second-order valence-corrected chi connectivity index (χ2v) is 5.51. The van der Waals surface area contributed by atoms with Gasteiger partial charge in [-0.1, -0.05) is 18.2 Å². The SMILES string of the molecule is C[C@@H](O)c1ccccc1N1CCN2CCCC2C1. The molecule has 1 aromatic carbocycles. The standard InChI is InChI=1S/C15H22N2O/c1-12(18)14-6-2-3-7-15(14)17-10-9-16-8-4-5-13(16)11-17/h2-3,6-7,12-13,18H,4-5,8-11H2,1H3/t12-,13?/m1/s1. The molecule has 2 fully saturated rings. The Kier molecular flexibility index (Phi) is 3.27. The lowest BCUT2D eigenvalue weighted by atomic mass is 10.1. The Labute approximate surface area is 109 Å². The molecule has 2 heterocycles. The fourth-order valence-corrected chi connectivity index (χ4v) is 3.34. The molecule has 0 aromatic heterocycles. The molecule has 3 heteroatoms. The van der Waals surface area contributed by atoms with E-state index in [0.29, 0.717) is 0 Å². The lowest BCUT2D eigenvalue weighted by Crippen LogP contribution is -2.50. The van der Waals surface area contributed by atoms with E-state index in [1.807, 2.05) is 19.1 Å². The number of hydrogen-bond donors (Lipinski definition) is 1. The summed E-state index contributed by atoms with van der Waals surface area (Å²) in [4.78, 5) is 5.07. The Morgan fingerprint density at radius 3 is 2.89 bits per heavy atom. The van der Waals surface area contributed by atoms with Crippen molar-refractivity contribution in [2.45, 2.75) is 31.9 Å². The quantitative estimate of drug-likeness (QED) is 0.865. The van der Waals surface area contributed by atoms with Gasteiger partial charge in [0.15, 0.2) is 0 Å². The summed E-state index contributed by atoms with van der Waals surface area (Å²) in [5.74, 6) is 0. The molecule has 2 aliphatic rings. The van der Waals surface area contributed by atoms with Crippen molar-refractivity contribution < 1.29 is 5.11 Å². The zero-order valence-electron chi connectivity index (χ0n) is 11.0. The van der Waals surface area contributed by atoms with Crippen molar-refractivity contribution in [2.75, 3.05) is 31.1 Å². The maximum atomic E-state index is 9.89. The number of hydrogen-bond acceptors (Lipinski definition) is 3. The molecule has 1 unspecified atom stereocenters. The number of nitrogens with zero attached hydrogens (tertiary/aromatic N) is 2. The van der Waals surface area contributed by atoms with Crippen LogP contribution in [0.2, 0.25) is 0 Å². The minimum Gasteiger partial charge on any atom is -0.389 e. The zero-order chi connectivity index (χ0) is 12.5. The van der Waals surface area contributed by atoms with E-state index in [1.54, 1.807) is 0 Å². The summed E-state index contributed by atoms with van der Waals surface area (Å²) in [6.07, 6.45) is 2.28. The monoisotopic (exact) mass is 246 g/mol. The van der Waals surface area contributed by atoms with Gasteiger partial charge in [-0.3, -0.25) is 4.90 Å². The molecular weight excluding hydrogens is 224 g/mol. The van der Waals surface area contributed by atoms with E-state index in [0.717, 1.165) is 24.7 Å². The lowest BCUT2D eigenvalue weighted by molar-refractivity contribution is 0.198. The van der Waals surface area contributed by atoms with Crippen LogP contribution in [-0.4, -0.2) is 42.2 Å². The normalized spacial score (nSPS) is 26.1. The van der Waals surface area contributed by atoms with Crippen molar-refractivity contribution in [3.63, 3.8) is 0 Å². The molecule has 0 spiro atoms. The van der Waals surface area contributed by atoms with Crippen LogP contribution in [0.1, 0.15) is 31.4 Å². The molecule has 0 radical (unpaired) electrons. The van der Waals surface area contributed by atoms with E-state index >= 15 is 0 Å². The van der Waals surface area contributed by atoms with Gasteiger partial charge in [0.2, 0.25) is 0 Å². The molecule has 2 saturated heterocycles. The lowest BCUT2D eigenvalue weighted by Gasteiger charge is -2.39. The highest BCUT2D eigenvalue weighted by molar-refractivity contribution is 5.55. The number of piperazine rings is 1. The van der Waals surface area contributed by atoms with E-state index in [9.17, 15) is 5.11 Å². The first-order chi connectivity index (χ1) is 8.75. The van der Waals surface area contributed by atoms with Gasteiger partial charge < -0.3 is 10.0 Å². The van der Waals surface area contributed by atoms with Crippen molar-refractivity contribution in [3.8, 4) is 0 Å². The van der Waals surface area contributed by atoms with Crippen LogP contribution in [0.3, 0.4) is 0 Å². The third-order valence-corrected chi connectivity index (χ3v) is 4.31. The molecule has 3 nitrogen and oxygen atoms in total. The molecule has 0 amide bonds. The van der Waals surface area contributed by atoms with Crippen molar-refractivity contribution in [1.82, 2.24) is 4.90 Å². The molecule has 2 aliphatic heterocycles. The summed E-state index contributed by atoms with van der Waals surface area (Å²) < 4.78 is 0. The summed E-state index contributed by atoms with van der Waals surface area (Å²) >= 11 is 0. The number of rotatable bonds is 2. The van der Waals surface area contributed by atoms with E-state index in [1.165, 1.54) is 31.6 Å². The molecule has 0 bridgehead atoms. The van der Waals surface area contributed by atoms with Gasteiger partial charge in [-0.05, 0) is 32.4 Å². The van der Waals surface area contributed by atoms with Gasteiger partial charge in [0.25, 0.3) is 0 Å². The number of aliphatic hydroxyl groups is 1. The van der Waals surface area contributed by atoms with Crippen molar-refractivity contribution in [2.24, 2.45) is 0 Å². The van der Waals surface area contributed by atoms with Crippen LogP contribution in [0, 0.1) is 0 Å². The predicted molar refractivity (Wildman–Crippen MR) is 73.9 cm³/mol. The molecule has 0 aliphatic carbocycles. The van der Waals surface area contributed by atoms with Crippen LogP contribution in [-0.2, 0) is 0 Å². The number of para-hydroxylation sites is 1. The average Bonchev–Trinajstić information content (AvgIpc) is 2.85. The highest BCUT2D eigenvalue weighted by atomic mass is 16.3. The molecule has 2 atom stereocenters. The largest absolute Gasteiger partial charge is 0.389 e. The van der Waals surface area contributed by atoms with E-state index in [-0.39, 0.29) is 6.10 Å². The fraction of sp³-hybridized carbons (Fsp3) is 0.600. The van der Waals surface area contributed by atoms with Crippen LogP contribution in [0.15, 0.2) is 24.3 Å².